The monoisotopic (exact) mass is 270 g/mol. The lowest BCUT2D eigenvalue weighted by atomic mass is 9.75. The third-order valence-corrected chi connectivity index (χ3v) is 4.93. The van der Waals surface area contributed by atoms with Gasteiger partial charge in [0.1, 0.15) is 5.82 Å². The molecule has 3 heterocycles. The first kappa shape index (κ1) is 12.2. The molecule has 2 atom stereocenters. The summed E-state index contributed by atoms with van der Waals surface area (Å²) < 4.78 is 13.4. The fourth-order valence-corrected chi connectivity index (χ4v) is 3.61. The maximum Gasteiger partial charge on any atom is 0.123 e. The van der Waals surface area contributed by atoms with Crippen molar-refractivity contribution in [1.82, 2.24) is 10.3 Å². The van der Waals surface area contributed by atoms with Gasteiger partial charge >= 0.3 is 0 Å². The zero-order valence-electron chi connectivity index (χ0n) is 11.5. The van der Waals surface area contributed by atoms with E-state index in [1.54, 1.807) is 6.07 Å². The van der Waals surface area contributed by atoms with E-state index in [4.69, 9.17) is 0 Å². The average molecular weight is 270 g/mol. The highest BCUT2D eigenvalue weighted by molar-refractivity contribution is 5.83. The van der Waals surface area contributed by atoms with E-state index in [1.807, 2.05) is 12.3 Å². The molecule has 3 heteroatoms. The molecule has 2 N–H and O–H groups in total. The van der Waals surface area contributed by atoms with Crippen molar-refractivity contribution in [1.29, 1.82) is 0 Å². The Balaban J connectivity index is 1.57. The normalized spacial score (nSPS) is 28.4. The van der Waals surface area contributed by atoms with Gasteiger partial charge in [0.2, 0.25) is 0 Å². The summed E-state index contributed by atoms with van der Waals surface area (Å²) in [5, 5.41) is 4.71. The van der Waals surface area contributed by atoms with E-state index in [0.717, 1.165) is 36.2 Å². The van der Waals surface area contributed by atoms with Crippen LogP contribution in [-0.4, -0.2) is 17.1 Å². The number of rotatable bonds is 3. The van der Waals surface area contributed by atoms with Gasteiger partial charge in [-0.15, -0.1) is 0 Å². The largest absolute Gasteiger partial charge is 0.361 e. The molecule has 0 amide bonds. The van der Waals surface area contributed by atoms with E-state index in [9.17, 15) is 4.39 Å². The Kier molecular flexibility index (Phi) is 2.71. The number of hydrogen-bond acceptors (Lipinski definition) is 1. The molecular weight excluding hydrogens is 251 g/mol. The molecule has 2 aromatic rings. The molecule has 1 fully saturated rings. The van der Waals surface area contributed by atoms with E-state index < -0.39 is 0 Å². The molecule has 0 saturated carbocycles. The molecule has 5 rings (SSSR count). The number of piperidine rings is 1. The number of nitrogens with one attached hydrogen (secondary N) is 2. The minimum atomic E-state index is -0.160. The zero-order chi connectivity index (χ0) is 13.6. The summed E-state index contributed by atoms with van der Waals surface area (Å²) in [6.07, 6.45) is 11.3. The first-order valence-electron chi connectivity index (χ1n) is 7.44. The van der Waals surface area contributed by atoms with Gasteiger partial charge in [0.25, 0.3) is 0 Å². The number of H-pyrrole nitrogens is 1. The van der Waals surface area contributed by atoms with Crippen LogP contribution in [0, 0.1) is 11.7 Å². The summed E-state index contributed by atoms with van der Waals surface area (Å²) in [5.41, 5.74) is 2.41. The van der Waals surface area contributed by atoms with Gasteiger partial charge in [-0.05, 0) is 55.4 Å². The number of aromatic nitrogens is 1. The number of hydrogen-bond donors (Lipinski definition) is 2. The molecule has 1 aromatic carbocycles. The topological polar surface area (TPSA) is 27.8 Å². The van der Waals surface area contributed by atoms with Crippen molar-refractivity contribution in [2.75, 3.05) is 6.54 Å². The van der Waals surface area contributed by atoms with Gasteiger partial charge in [-0.2, -0.15) is 0 Å². The minimum absolute atomic E-state index is 0.160. The molecule has 1 aliphatic carbocycles. The van der Waals surface area contributed by atoms with E-state index in [2.05, 4.69) is 22.5 Å². The number of aryl methyl sites for hydroxylation is 1. The predicted octanol–water partition coefficient (Wildman–Crippen LogP) is 3.55. The molecule has 2 aliphatic heterocycles. The molecule has 20 heavy (non-hydrogen) atoms. The Labute approximate surface area is 118 Å². The maximum absolute atomic E-state index is 13.4. The van der Waals surface area contributed by atoms with Crippen LogP contribution in [0.15, 0.2) is 36.5 Å². The van der Waals surface area contributed by atoms with Crippen molar-refractivity contribution in [2.45, 2.75) is 31.2 Å². The molecular formula is C17H19FN2. The zero-order valence-corrected chi connectivity index (χ0v) is 11.5. The third-order valence-electron chi connectivity index (χ3n) is 4.93. The lowest BCUT2D eigenvalue weighted by Crippen LogP contribution is -2.52. The van der Waals surface area contributed by atoms with Crippen LogP contribution >= 0.6 is 0 Å². The molecule has 1 aromatic heterocycles. The summed E-state index contributed by atoms with van der Waals surface area (Å²) in [5.74, 6) is 0.576. The Morgan fingerprint density at radius 2 is 2.30 bits per heavy atom. The molecule has 2 bridgehead atoms. The van der Waals surface area contributed by atoms with Gasteiger partial charge in [-0.1, -0.05) is 12.2 Å². The van der Waals surface area contributed by atoms with Crippen molar-refractivity contribution in [3.05, 3.63) is 47.9 Å². The summed E-state index contributed by atoms with van der Waals surface area (Å²) in [6, 6.07) is 4.96. The predicted molar refractivity (Wildman–Crippen MR) is 79.2 cm³/mol. The van der Waals surface area contributed by atoms with Crippen molar-refractivity contribution < 1.29 is 4.39 Å². The van der Waals surface area contributed by atoms with Crippen LogP contribution < -0.4 is 5.32 Å². The number of fused-ring (bicyclic) bond motifs is 3. The summed E-state index contributed by atoms with van der Waals surface area (Å²) in [7, 11) is 0. The molecule has 1 saturated heterocycles. The second-order valence-electron chi connectivity index (χ2n) is 6.20. The first-order chi connectivity index (χ1) is 9.74. The number of aromatic amines is 1. The van der Waals surface area contributed by atoms with Gasteiger partial charge in [0.15, 0.2) is 0 Å². The van der Waals surface area contributed by atoms with Gasteiger partial charge in [0, 0.05) is 29.2 Å². The van der Waals surface area contributed by atoms with Gasteiger partial charge in [-0.3, -0.25) is 0 Å². The van der Waals surface area contributed by atoms with E-state index in [0.29, 0.717) is 0 Å². The highest BCUT2D eigenvalue weighted by Crippen LogP contribution is 2.35. The number of halogens is 1. The smallest absolute Gasteiger partial charge is 0.123 e. The van der Waals surface area contributed by atoms with Crippen molar-refractivity contribution in [2.24, 2.45) is 5.92 Å². The van der Waals surface area contributed by atoms with Crippen molar-refractivity contribution in [3.8, 4) is 0 Å². The van der Waals surface area contributed by atoms with E-state index >= 15 is 0 Å². The quantitative estimate of drug-likeness (QED) is 0.820. The van der Waals surface area contributed by atoms with E-state index in [-0.39, 0.29) is 11.4 Å². The van der Waals surface area contributed by atoms with Crippen molar-refractivity contribution in [3.63, 3.8) is 0 Å². The third kappa shape index (κ3) is 1.97. The summed E-state index contributed by atoms with van der Waals surface area (Å²) in [6.45, 7) is 1.11. The fraction of sp³-hybridized carbons (Fsp3) is 0.412. The molecule has 0 radical (unpaired) electrons. The Hall–Kier alpha value is -1.61. The lowest BCUT2D eigenvalue weighted by Gasteiger charge is -2.43. The fourth-order valence-electron chi connectivity index (χ4n) is 3.61. The Morgan fingerprint density at radius 3 is 3.05 bits per heavy atom. The number of benzene rings is 1. The minimum Gasteiger partial charge on any atom is -0.361 e. The first-order valence-corrected chi connectivity index (χ1v) is 7.44. The summed E-state index contributed by atoms with van der Waals surface area (Å²) in [4.78, 5) is 3.24. The van der Waals surface area contributed by atoms with Crippen LogP contribution in [0.1, 0.15) is 24.8 Å². The standard InChI is InChI=1S/C17H19FN2/c18-14-1-2-16-15(9-14)13(11-19-16)5-8-17-6-3-12(4-7-17)10-20-17/h1-3,6,9,11-12,19-20H,4-5,7-8,10H2. The molecule has 2 unspecified atom stereocenters. The molecule has 0 spiro atoms. The molecule has 3 aliphatic rings. The highest BCUT2D eigenvalue weighted by Gasteiger charge is 2.35. The van der Waals surface area contributed by atoms with Crippen LogP contribution in [0.2, 0.25) is 0 Å². The molecule has 104 valence electrons. The second kappa shape index (κ2) is 4.45. The Morgan fingerprint density at radius 1 is 1.35 bits per heavy atom. The Bertz CT molecular complexity index is 663. The van der Waals surface area contributed by atoms with Gasteiger partial charge < -0.3 is 10.3 Å². The van der Waals surface area contributed by atoms with Crippen molar-refractivity contribution >= 4 is 10.9 Å². The van der Waals surface area contributed by atoms with Gasteiger partial charge in [0.05, 0.1) is 0 Å². The van der Waals surface area contributed by atoms with E-state index in [1.165, 1.54) is 24.5 Å². The van der Waals surface area contributed by atoms with Crippen LogP contribution in [0.3, 0.4) is 0 Å². The van der Waals surface area contributed by atoms with Crippen LogP contribution in [0.5, 0.6) is 0 Å². The second-order valence-corrected chi connectivity index (χ2v) is 6.20. The summed E-state index contributed by atoms with van der Waals surface area (Å²) >= 11 is 0. The highest BCUT2D eigenvalue weighted by atomic mass is 19.1. The lowest BCUT2D eigenvalue weighted by molar-refractivity contribution is 0.241. The maximum atomic E-state index is 13.4. The van der Waals surface area contributed by atoms with Crippen LogP contribution in [0.25, 0.3) is 10.9 Å². The average Bonchev–Trinajstić information content (AvgIpc) is 2.89. The van der Waals surface area contributed by atoms with Gasteiger partial charge in [-0.25, -0.2) is 4.39 Å². The van der Waals surface area contributed by atoms with Crippen LogP contribution in [0.4, 0.5) is 4.39 Å². The SMILES string of the molecule is Fc1ccc2[nH]cc(CCC34C=CC(CC3)CN4)c2c1. The molecule has 2 nitrogen and oxygen atoms in total. The van der Waals surface area contributed by atoms with Crippen LogP contribution in [-0.2, 0) is 6.42 Å².